The molecule has 1 amide bonds. The van der Waals surface area contributed by atoms with Crippen molar-refractivity contribution in [2.45, 2.75) is 19.9 Å². The van der Waals surface area contributed by atoms with Crippen LogP contribution in [0.1, 0.15) is 24.5 Å². The van der Waals surface area contributed by atoms with Gasteiger partial charge in [0.25, 0.3) is 0 Å². The molecule has 0 N–H and O–H groups in total. The lowest BCUT2D eigenvalue weighted by molar-refractivity contribution is -0.124. The molecule has 8 heteroatoms. The van der Waals surface area contributed by atoms with Gasteiger partial charge < -0.3 is 14.2 Å². The molecule has 158 valence electrons. The Morgan fingerprint density at radius 2 is 1.93 bits per heavy atom. The number of benzene rings is 2. The zero-order valence-electron chi connectivity index (χ0n) is 17.3. The smallest absolute Gasteiger partial charge is 0.239 e. The number of rotatable bonds is 9. The molecule has 0 spiro atoms. The van der Waals surface area contributed by atoms with Gasteiger partial charge in [0.05, 0.1) is 39.3 Å². The molecular weight excluding hydrogens is 402 g/mol. The summed E-state index contributed by atoms with van der Waals surface area (Å²) in [5.74, 6) is 2.40. The Kier molecular flexibility index (Phi) is 7.73. The normalized spacial score (nSPS) is 15.2. The van der Waals surface area contributed by atoms with E-state index in [1.165, 1.54) is 11.8 Å². The third kappa shape index (κ3) is 5.33. The molecule has 1 saturated heterocycles. The number of hydrogen-bond acceptors (Lipinski definition) is 7. The van der Waals surface area contributed by atoms with Gasteiger partial charge in [0.2, 0.25) is 5.91 Å². The summed E-state index contributed by atoms with van der Waals surface area (Å²) in [4.78, 5) is 14.0. The van der Waals surface area contributed by atoms with Crippen LogP contribution in [0.2, 0.25) is 0 Å². The highest BCUT2D eigenvalue weighted by molar-refractivity contribution is 8.15. The molecule has 2 aromatic rings. The van der Waals surface area contributed by atoms with Crippen LogP contribution >= 0.6 is 11.8 Å². The first kappa shape index (κ1) is 21.7. The molecule has 2 aromatic carbocycles. The standard InChI is InChI=1S/C22H25N3O4S/c1-4-12-29-18-10-8-16(9-11-18)14-25-20(26)15-30-22(25)24-23-13-17-6-5-7-19(27-2)21(17)28-3/h5-11,13H,4,12,14-15H2,1-3H3/b23-13-,24-22+. The maximum atomic E-state index is 12.3. The van der Waals surface area contributed by atoms with E-state index >= 15 is 0 Å². The predicted molar refractivity (Wildman–Crippen MR) is 120 cm³/mol. The fourth-order valence-electron chi connectivity index (χ4n) is 2.88. The van der Waals surface area contributed by atoms with Crippen molar-refractivity contribution in [1.29, 1.82) is 0 Å². The van der Waals surface area contributed by atoms with E-state index in [2.05, 4.69) is 17.1 Å². The van der Waals surface area contributed by atoms with Crippen LogP contribution < -0.4 is 14.2 Å². The molecule has 0 aromatic heterocycles. The molecule has 1 fully saturated rings. The van der Waals surface area contributed by atoms with Crippen LogP contribution in [0.5, 0.6) is 17.2 Å². The van der Waals surface area contributed by atoms with E-state index in [0.717, 1.165) is 23.3 Å². The first-order valence-corrected chi connectivity index (χ1v) is 10.6. The van der Waals surface area contributed by atoms with Crippen molar-refractivity contribution in [2.75, 3.05) is 26.6 Å². The Labute approximate surface area is 180 Å². The number of para-hydroxylation sites is 1. The van der Waals surface area contributed by atoms with E-state index in [9.17, 15) is 4.79 Å². The van der Waals surface area contributed by atoms with E-state index in [1.807, 2.05) is 42.5 Å². The fourth-order valence-corrected chi connectivity index (χ4v) is 3.71. The number of thioether (sulfide) groups is 1. The average molecular weight is 428 g/mol. The third-order valence-electron chi connectivity index (χ3n) is 4.37. The maximum Gasteiger partial charge on any atom is 0.239 e. The molecule has 1 heterocycles. The Balaban J connectivity index is 1.72. The summed E-state index contributed by atoms with van der Waals surface area (Å²) in [5.41, 5.74) is 1.74. The van der Waals surface area contributed by atoms with Gasteiger partial charge in [-0.25, -0.2) is 0 Å². The quantitative estimate of drug-likeness (QED) is 0.447. The van der Waals surface area contributed by atoms with Gasteiger partial charge in [-0.05, 0) is 36.2 Å². The van der Waals surface area contributed by atoms with Crippen molar-refractivity contribution in [2.24, 2.45) is 10.2 Å². The summed E-state index contributed by atoms with van der Waals surface area (Å²) in [6.45, 7) is 3.20. The van der Waals surface area contributed by atoms with E-state index in [0.29, 0.717) is 35.6 Å². The summed E-state index contributed by atoms with van der Waals surface area (Å²) >= 11 is 1.38. The van der Waals surface area contributed by atoms with Crippen LogP contribution in [-0.2, 0) is 11.3 Å². The highest BCUT2D eigenvalue weighted by Crippen LogP contribution is 2.29. The van der Waals surface area contributed by atoms with Crippen LogP contribution in [0.4, 0.5) is 0 Å². The van der Waals surface area contributed by atoms with Crippen molar-refractivity contribution in [3.05, 3.63) is 53.6 Å². The molecule has 0 radical (unpaired) electrons. The predicted octanol–water partition coefficient (Wildman–Crippen LogP) is 3.96. The van der Waals surface area contributed by atoms with Crippen molar-refractivity contribution >= 4 is 29.1 Å². The van der Waals surface area contributed by atoms with Crippen LogP contribution in [0.3, 0.4) is 0 Å². The number of carbonyl (C=O) groups excluding carboxylic acids is 1. The second-order valence-electron chi connectivity index (χ2n) is 6.47. The lowest BCUT2D eigenvalue weighted by Crippen LogP contribution is -2.28. The van der Waals surface area contributed by atoms with Gasteiger partial charge >= 0.3 is 0 Å². The Morgan fingerprint density at radius 1 is 1.13 bits per heavy atom. The lowest BCUT2D eigenvalue weighted by Gasteiger charge is -2.15. The van der Waals surface area contributed by atoms with Gasteiger partial charge in [-0.2, -0.15) is 5.10 Å². The van der Waals surface area contributed by atoms with Crippen molar-refractivity contribution in [1.82, 2.24) is 4.90 Å². The Morgan fingerprint density at radius 3 is 2.63 bits per heavy atom. The Hall–Kier alpha value is -3.00. The summed E-state index contributed by atoms with van der Waals surface area (Å²) in [6, 6.07) is 13.3. The number of hydrogen-bond donors (Lipinski definition) is 0. The highest BCUT2D eigenvalue weighted by Gasteiger charge is 2.28. The SMILES string of the molecule is CCCOc1ccc(CN2C(=O)CS/C2=N/N=C\c2cccc(OC)c2OC)cc1. The molecular formula is C22H25N3O4S. The zero-order valence-corrected chi connectivity index (χ0v) is 18.1. The number of amidine groups is 1. The summed E-state index contributed by atoms with van der Waals surface area (Å²) in [5, 5.41) is 9.02. The largest absolute Gasteiger partial charge is 0.494 e. The van der Waals surface area contributed by atoms with Gasteiger partial charge in [0.15, 0.2) is 16.7 Å². The first-order valence-electron chi connectivity index (χ1n) is 9.63. The van der Waals surface area contributed by atoms with Crippen LogP contribution in [0.25, 0.3) is 0 Å². The van der Waals surface area contributed by atoms with E-state index in [4.69, 9.17) is 14.2 Å². The van der Waals surface area contributed by atoms with Gasteiger partial charge in [-0.15, -0.1) is 5.10 Å². The molecule has 30 heavy (non-hydrogen) atoms. The minimum atomic E-state index is 0.0132. The number of amides is 1. The third-order valence-corrected chi connectivity index (χ3v) is 5.32. The molecule has 1 aliphatic heterocycles. The van der Waals surface area contributed by atoms with Crippen LogP contribution in [-0.4, -0.2) is 48.8 Å². The fraction of sp³-hybridized carbons (Fsp3) is 0.318. The van der Waals surface area contributed by atoms with Crippen molar-refractivity contribution in [3.63, 3.8) is 0 Å². The van der Waals surface area contributed by atoms with Crippen LogP contribution in [0.15, 0.2) is 52.7 Å². The van der Waals surface area contributed by atoms with Crippen LogP contribution in [0, 0.1) is 0 Å². The Bertz CT molecular complexity index is 928. The number of methoxy groups -OCH3 is 2. The molecule has 0 saturated carbocycles. The van der Waals surface area contributed by atoms with Crippen molar-refractivity contribution < 1.29 is 19.0 Å². The molecule has 1 aliphatic rings. The summed E-state index contributed by atoms with van der Waals surface area (Å²) in [7, 11) is 3.16. The number of nitrogens with zero attached hydrogens (tertiary/aromatic N) is 3. The molecule has 0 atom stereocenters. The minimum Gasteiger partial charge on any atom is -0.494 e. The molecule has 0 aliphatic carbocycles. The molecule has 0 bridgehead atoms. The van der Waals surface area contributed by atoms with Gasteiger partial charge in [0, 0.05) is 5.56 Å². The van der Waals surface area contributed by atoms with Gasteiger partial charge in [-0.3, -0.25) is 9.69 Å². The molecule has 7 nitrogen and oxygen atoms in total. The second kappa shape index (κ2) is 10.7. The topological polar surface area (TPSA) is 72.7 Å². The number of ether oxygens (including phenoxy) is 3. The summed E-state index contributed by atoms with van der Waals surface area (Å²) < 4.78 is 16.3. The van der Waals surface area contributed by atoms with E-state index in [-0.39, 0.29) is 5.91 Å². The monoisotopic (exact) mass is 427 g/mol. The second-order valence-corrected chi connectivity index (χ2v) is 7.41. The molecule has 0 unspecified atom stereocenters. The lowest BCUT2D eigenvalue weighted by atomic mass is 10.2. The van der Waals surface area contributed by atoms with Gasteiger partial charge in [0.1, 0.15) is 5.75 Å². The average Bonchev–Trinajstić information content (AvgIpc) is 3.12. The summed E-state index contributed by atoms with van der Waals surface area (Å²) in [6.07, 6.45) is 2.55. The maximum absolute atomic E-state index is 12.3. The highest BCUT2D eigenvalue weighted by atomic mass is 32.2. The first-order chi connectivity index (χ1) is 14.7. The van der Waals surface area contributed by atoms with E-state index in [1.54, 1.807) is 25.3 Å². The molecule has 3 rings (SSSR count). The van der Waals surface area contributed by atoms with Gasteiger partial charge in [-0.1, -0.05) is 36.9 Å². The van der Waals surface area contributed by atoms with E-state index < -0.39 is 0 Å². The number of carbonyl (C=O) groups is 1. The zero-order chi connectivity index (χ0) is 21.3. The minimum absolute atomic E-state index is 0.0132. The van der Waals surface area contributed by atoms with Crippen molar-refractivity contribution in [3.8, 4) is 17.2 Å².